The number of halogens is 1. The number of nitrogens with zero attached hydrogens (tertiary/aromatic N) is 2. The molecule has 2 rings (SSSR count). The standard InChI is InChI=1S/C14H15BrN4O2/c1-9-12(14(21)19-17-9)6-7-13(20)18-16-8-10-2-4-11(15)5-3-10/h2-5,8,12H,6-7H2,1H3,(H,18,20)(H,19,21)/b16-8-/t12-/m1/s1. The summed E-state index contributed by atoms with van der Waals surface area (Å²) in [5.41, 5.74) is 6.44. The molecule has 0 fully saturated rings. The lowest BCUT2D eigenvalue weighted by Gasteiger charge is -2.06. The summed E-state index contributed by atoms with van der Waals surface area (Å²) >= 11 is 3.34. The number of nitrogens with one attached hydrogen (secondary N) is 2. The van der Waals surface area contributed by atoms with Gasteiger partial charge in [0.1, 0.15) is 0 Å². The van der Waals surface area contributed by atoms with E-state index in [0.29, 0.717) is 12.1 Å². The zero-order chi connectivity index (χ0) is 15.2. The van der Waals surface area contributed by atoms with Crippen LogP contribution in [0.25, 0.3) is 0 Å². The number of amides is 2. The van der Waals surface area contributed by atoms with Crippen LogP contribution in [0.5, 0.6) is 0 Å². The van der Waals surface area contributed by atoms with Gasteiger partial charge in [0.25, 0.3) is 0 Å². The molecule has 0 unspecified atom stereocenters. The number of hydrazone groups is 2. The molecule has 0 saturated heterocycles. The van der Waals surface area contributed by atoms with E-state index in [2.05, 4.69) is 37.0 Å². The molecular formula is C14H15BrN4O2. The molecule has 1 atom stereocenters. The van der Waals surface area contributed by atoms with Crippen molar-refractivity contribution in [3.8, 4) is 0 Å². The van der Waals surface area contributed by atoms with Crippen LogP contribution in [0, 0.1) is 5.92 Å². The number of hydrogen-bond acceptors (Lipinski definition) is 4. The second-order valence-electron chi connectivity index (χ2n) is 4.67. The van der Waals surface area contributed by atoms with E-state index in [0.717, 1.165) is 10.0 Å². The summed E-state index contributed by atoms with van der Waals surface area (Å²) in [6.07, 6.45) is 2.22. The first-order chi connectivity index (χ1) is 10.1. The lowest BCUT2D eigenvalue weighted by atomic mass is 9.99. The van der Waals surface area contributed by atoms with Gasteiger partial charge in [0.15, 0.2) is 0 Å². The van der Waals surface area contributed by atoms with E-state index in [4.69, 9.17) is 0 Å². The first-order valence-electron chi connectivity index (χ1n) is 6.48. The van der Waals surface area contributed by atoms with E-state index >= 15 is 0 Å². The fourth-order valence-electron chi connectivity index (χ4n) is 1.89. The van der Waals surface area contributed by atoms with Crippen molar-refractivity contribution in [2.45, 2.75) is 19.8 Å². The topological polar surface area (TPSA) is 82.9 Å². The fraction of sp³-hybridized carbons (Fsp3) is 0.286. The molecule has 1 heterocycles. The molecule has 1 aliphatic rings. The van der Waals surface area contributed by atoms with Crippen molar-refractivity contribution < 1.29 is 9.59 Å². The first kappa shape index (κ1) is 15.4. The predicted molar refractivity (Wildman–Crippen MR) is 83.9 cm³/mol. The predicted octanol–water partition coefficient (Wildman–Crippen LogP) is 1.80. The largest absolute Gasteiger partial charge is 0.273 e. The van der Waals surface area contributed by atoms with Crippen LogP contribution in [0.2, 0.25) is 0 Å². The minimum Gasteiger partial charge on any atom is -0.273 e. The molecule has 0 bridgehead atoms. The summed E-state index contributed by atoms with van der Waals surface area (Å²) in [6, 6.07) is 7.54. The highest BCUT2D eigenvalue weighted by molar-refractivity contribution is 9.10. The summed E-state index contributed by atoms with van der Waals surface area (Å²) in [4.78, 5) is 23.1. The highest BCUT2D eigenvalue weighted by atomic mass is 79.9. The average molecular weight is 351 g/mol. The van der Waals surface area contributed by atoms with Crippen LogP contribution >= 0.6 is 15.9 Å². The smallest absolute Gasteiger partial charge is 0.248 e. The lowest BCUT2D eigenvalue weighted by Crippen LogP contribution is -2.25. The third-order valence-electron chi connectivity index (χ3n) is 3.10. The Bertz CT molecular complexity index is 595. The summed E-state index contributed by atoms with van der Waals surface area (Å²) in [5, 5.41) is 7.72. The van der Waals surface area contributed by atoms with Crippen LogP contribution in [-0.2, 0) is 9.59 Å². The minimum absolute atomic E-state index is 0.154. The molecule has 2 amide bonds. The lowest BCUT2D eigenvalue weighted by molar-refractivity contribution is -0.123. The number of rotatable bonds is 5. The Morgan fingerprint density at radius 1 is 1.48 bits per heavy atom. The number of carbonyl (C=O) groups excluding carboxylic acids is 2. The van der Waals surface area contributed by atoms with Crippen LogP contribution in [-0.4, -0.2) is 23.7 Å². The van der Waals surface area contributed by atoms with Gasteiger partial charge in [-0.1, -0.05) is 28.1 Å². The molecule has 1 aliphatic heterocycles. The highest BCUT2D eigenvalue weighted by Crippen LogP contribution is 2.13. The number of benzene rings is 1. The maximum absolute atomic E-state index is 11.7. The molecule has 1 aromatic rings. The highest BCUT2D eigenvalue weighted by Gasteiger charge is 2.26. The Hall–Kier alpha value is -2.02. The number of carbonyl (C=O) groups is 2. The Balaban J connectivity index is 1.76. The van der Waals surface area contributed by atoms with Gasteiger partial charge in [-0.15, -0.1) is 0 Å². The third kappa shape index (κ3) is 4.49. The molecule has 0 spiro atoms. The van der Waals surface area contributed by atoms with Crippen molar-refractivity contribution in [3.05, 3.63) is 34.3 Å². The molecule has 1 aromatic carbocycles. The molecule has 110 valence electrons. The number of hydrogen-bond donors (Lipinski definition) is 2. The van der Waals surface area contributed by atoms with Crippen LogP contribution in [0.4, 0.5) is 0 Å². The third-order valence-corrected chi connectivity index (χ3v) is 3.62. The van der Waals surface area contributed by atoms with Gasteiger partial charge in [-0.25, -0.2) is 10.9 Å². The van der Waals surface area contributed by atoms with Gasteiger partial charge < -0.3 is 0 Å². The molecule has 0 aliphatic carbocycles. The van der Waals surface area contributed by atoms with Crippen molar-refractivity contribution in [2.24, 2.45) is 16.1 Å². The monoisotopic (exact) mass is 350 g/mol. The Kier molecular flexibility index (Phi) is 5.21. The maximum atomic E-state index is 11.7. The van der Waals surface area contributed by atoms with E-state index in [1.807, 2.05) is 24.3 Å². The zero-order valence-electron chi connectivity index (χ0n) is 11.5. The van der Waals surface area contributed by atoms with E-state index in [9.17, 15) is 9.59 Å². The van der Waals surface area contributed by atoms with Crippen molar-refractivity contribution in [2.75, 3.05) is 0 Å². The summed E-state index contributed by atoms with van der Waals surface area (Å²) < 4.78 is 0.982. The van der Waals surface area contributed by atoms with Gasteiger partial charge in [0.2, 0.25) is 11.8 Å². The summed E-state index contributed by atoms with van der Waals surface area (Å²) in [7, 11) is 0. The molecule has 6 nitrogen and oxygen atoms in total. The van der Waals surface area contributed by atoms with E-state index in [-0.39, 0.29) is 24.2 Å². The Morgan fingerprint density at radius 2 is 2.19 bits per heavy atom. The molecule has 0 saturated carbocycles. The van der Waals surface area contributed by atoms with Crippen LogP contribution in [0.15, 0.2) is 38.9 Å². The van der Waals surface area contributed by atoms with Crippen LogP contribution < -0.4 is 10.9 Å². The second-order valence-corrected chi connectivity index (χ2v) is 5.58. The molecule has 0 aromatic heterocycles. The maximum Gasteiger partial charge on any atom is 0.248 e. The molecular weight excluding hydrogens is 336 g/mol. The normalized spacial score (nSPS) is 17.7. The molecule has 21 heavy (non-hydrogen) atoms. The van der Waals surface area contributed by atoms with Crippen molar-refractivity contribution in [3.63, 3.8) is 0 Å². The van der Waals surface area contributed by atoms with Gasteiger partial charge in [0, 0.05) is 16.6 Å². The summed E-state index contributed by atoms with van der Waals surface area (Å²) in [6.45, 7) is 1.77. The van der Waals surface area contributed by atoms with Gasteiger partial charge in [-0.05, 0) is 31.0 Å². The van der Waals surface area contributed by atoms with E-state index in [1.54, 1.807) is 13.1 Å². The van der Waals surface area contributed by atoms with Crippen molar-refractivity contribution in [1.29, 1.82) is 0 Å². The van der Waals surface area contributed by atoms with Gasteiger partial charge in [-0.2, -0.15) is 10.2 Å². The fourth-order valence-corrected chi connectivity index (χ4v) is 2.15. The van der Waals surface area contributed by atoms with Gasteiger partial charge >= 0.3 is 0 Å². The minimum atomic E-state index is -0.314. The molecule has 0 radical (unpaired) electrons. The zero-order valence-corrected chi connectivity index (χ0v) is 13.1. The second kappa shape index (κ2) is 7.12. The van der Waals surface area contributed by atoms with E-state index < -0.39 is 0 Å². The Morgan fingerprint density at radius 3 is 2.81 bits per heavy atom. The van der Waals surface area contributed by atoms with Crippen molar-refractivity contribution in [1.82, 2.24) is 10.9 Å². The van der Waals surface area contributed by atoms with Crippen LogP contribution in [0.3, 0.4) is 0 Å². The Labute approximate surface area is 130 Å². The van der Waals surface area contributed by atoms with Crippen LogP contribution in [0.1, 0.15) is 25.3 Å². The van der Waals surface area contributed by atoms with Crippen molar-refractivity contribution >= 4 is 39.7 Å². The van der Waals surface area contributed by atoms with E-state index in [1.165, 1.54) is 0 Å². The SMILES string of the molecule is CC1=NNC(=O)[C@@H]1CCC(=O)N/N=C\c1ccc(Br)cc1. The molecule has 7 heteroatoms. The molecule has 2 N–H and O–H groups in total. The quantitative estimate of drug-likeness (QED) is 0.626. The van der Waals surface area contributed by atoms with Gasteiger partial charge in [0.05, 0.1) is 12.1 Å². The van der Waals surface area contributed by atoms with Gasteiger partial charge in [-0.3, -0.25) is 9.59 Å². The first-order valence-corrected chi connectivity index (χ1v) is 7.27. The summed E-state index contributed by atoms with van der Waals surface area (Å²) in [5.74, 6) is -0.694. The average Bonchev–Trinajstić information content (AvgIpc) is 2.78.